The fraction of sp³-hybridized carbons (Fsp3) is 0.300. The predicted octanol–water partition coefficient (Wildman–Crippen LogP) is 8.87. The Morgan fingerprint density at radius 1 is 0.952 bits per heavy atom. The van der Waals surface area contributed by atoms with E-state index in [0.717, 1.165) is 68.3 Å². The van der Waals surface area contributed by atoms with Gasteiger partial charge in [0.15, 0.2) is 29.2 Å². The zero-order chi connectivity index (χ0) is 44.3. The molecule has 0 bridgehead atoms. The van der Waals surface area contributed by atoms with E-state index in [1.807, 2.05) is 67.7 Å². The van der Waals surface area contributed by atoms with Crippen molar-refractivity contribution in [1.29, 1.82) is 0 Å². The van der Waals surface area contributed by atoms with Crippen LogP contribution in [-0.4, -0.2) is 64.1 Å². The average molecular weight is 869 g/mol. The highest BCUT2D eigenvalue weighted by Gasteiger charge is 2.45. The highest BCUT2D eigenvalue weighted by atomic mass is 35.5. The summed E-state index contributed by atoms with van der Waals surface area (Å²) in [5, 5.41) is 10.7. The molecule has 1 aliphatic carbocycles. The van der Waals surface area contributed by atoms with E-state index in [4.69, 9.17) is 40.1 Å². The highest BCUT2D eigenvalue weighted by molar-refractivity contribution is 6.30. The first kappa shape index (κ1) is 43.0. The molecular weight excluding hydrogens is 820 g/mol. The Morgan fingerprint density at radius 2 is 1.67 bits per heavy atom. The van der Waals surface area contributed by atoms with Gasteiger partial charge in [0.05, 0.1) is 6.61 Å². The molecule has 0 spiro atoms. The van der Waals surface area contributed by atoms with E-state index >= 15 is 0 Å². The number of carbonyl (C=O) groups is 3. The highest BCUT2D eigenvalue weighted by Crippen LogP contribution is 2.49. The van der Waals surface area contributed by atoms with Gasteiger partial charge in [0, 0.05) is 48.8 Å². The summed E-state index contributed by atoms with van der Waals surface area (Å²) in [5.41, 5.74) is 9.82. The molecule has 324 valence electrons. The summed E-state index contributed by atoms with van der Waals surface area (Å²) in [6, 6.07) is 29.6. The van der Waals surface area contributed by atoms with E-state index in [9.17, 15) is 9.59 Å². The van der Waals surface area contributed by atoms with Gasteiger partial charge in [-0.05, 0) is 127 Å². The van der Waals surface area contributed by atoms with Gasteiger partial charge in [-0.1, -0.05) is 60.1 Å². The molecule has 2 N–H and O–H groups in total. The lowest BCUT2D eigenvalue weighted by Gasteiger charge is -2.37. The van der Waals surface area contributed by atoms with E-state index < -0.39 is 6.04 Å². The smallest absolute Gasteiger partial charge is 0.290 e. The number of nitrogens with zero attached hydrogens (tertiary/aromatic N) is 3. The number of pyridine rings is 1. The average Bonchev–Trinajstić information content (AvgIpc) is 4.00. The van der Waals surface area contributed by atoms with Crippen LogP contribution in [0.3, 0.4) is 0 Å². The van der Waals surface area contributed by atoms with Gasteiger partial charge in [0.2, 0.25) is 5.91 Å². The molecule has 12 nitrogen and oxygen atoms in total. The lowest BCUT2D eigenvalue weighted by atomic mass is 9.92. The second kappa shape index (κ2) is 18.4. The zero-order valence-corrected chi connectivity index (χ0v) is 36.4. The van der Waals surface area contributed by atoms with Crippen LogP contribution in [-0.2, 0) is 34.4 Å². The Morgan fingerprint density at radius 3 is 2.35 bits per heavy atom. The largest absolute Gasteiger partial charge is 0.493 e. The van der Waals surface area contributed by atoms with Crippen LogP contribution in [0.25, 0.3) is 11.1 Å². The fourth-order valence-electron chi connectivity index (χ4n) is 8.35. The molecule has 2 atom stereocenters. The number of nitrogens with one attached hydrogen (secondary N) is 1. The summed E-state index contributed by atoms with van der Waals surface area (Å²) < 4.78 is 24.7. The maximum Gasteiger partial charge on any atom is 0.290 e. The molecule has 2 unspecified atom stereocenters. The molecular formula is C50H49ClN4O8. The summed E-state index contributed by atoms with van der Waals surface area (Å²) in [7, 11) is 0. The molecule has 2 aliphatic heterocycles. The van der Waals surface area contributed by atoms with Crippen LogP contribution < -0.4 is 19.5 Å². The minimum Gasteiger partial charge on any atom is -0.493 e. The van der Waals surface area contributed by atoms with Crippen LogP contribution in [0.15, 0.2) is 102 Å². The van der Waals surface area contributed by atoms with Crippen molar-refractivity contribution in [3.8, 4) is 28.4 Å². The first-order valence-electron chi connectivity index (χ1n) is 21.0. The van der Waals surface area contributed by atoms with Crippen LogP contribution in [0.1, 0.15) is 80.2 Å². The van der Waals surface area contributed by atoms with Gasteiger partial charge in [0.25, 0.3) is 12.4 Å². The van der Waals surface area contributed by atoms with E-state index in [1.54, 1.807) is 18.7 Å². The molecule has 1 fully saturated rings. The number of carboxylic acid groups (broad SMARTS) is 1. The lowest BCUT2D eigenvalue weighted by Crippen LogP contribution is -2.53. The number of halogens is 1. The van der Waals surface area contributed by atoms with Gasteiger partial charge in [-0.15, -0.1) is 0 Å². The zero-order valence-electron chi connectivity index (χ0n) is 35.7. The van der Waals surface area contributed by atoms with Gasteiger partial charge in [-0.3, -0.25) is 19.4 Å². The Bertz CT molecular complexity index is 2620. The van der Waals surface area contributed by atoms with Crippen molar-refractivity contribution in [2.75, 3.05) is 19.8 Å². The standard InChI is InChI=1S/C49H47ClN4O6.CH2O2/c1-29-30(2)51-22-18-41(29)34-7-5-33(6-8-34)17-21-52-47(55)42-23-36-24-43-44(25-37(36)26-54(42)48(56)46-31(3)59-32(4)53-46)60-45(27-57-43)35-9-15-40(16-10-35)58-28-49(19-20-49)38-11-13-39(50)14-12-38;2-1-3/h5-16,18,22,24-25,42,45H,17,19-21,23,26-28H2,1-4H3,(H,52,55);1H,(H,2,3). The van der Waals surface area contributed by atoms with Crippen molar-refractivity contribution in [1.82, 2.24) is 20.2 Å². The van der Waals surface area contributed by atoms with E-state index in [0.29, 0.717) is 55.8 Å². The van der Waals surface area contributed by atoms with Gasteiger partial charge in [-0.2, -0.15) is 0 Å². The van der Waals surface area contributed by atoms with Gasteiger partial charge >= 0.3 is 0 Å². The molecule has 3 aliphatic rings. The molecule has 2 aromatic heterocycles. The fourth-order valence-corrected chi connectivity index (χ4v) is 8.48. The van der Waals surface area contributed by atoms with E-state index in [-0.39, 0.29) is 42.0 Å². The number of fused-ring (bicyclic) bond motifs is 2. The summed E-state index contributed by atoms with van der Waals surface area (Å²) in [5.74, 6) is 2.22. The lowest BCUT2D eigenvalue weighted by molar-refractivity contribution is -0.126. The summed E-state index contributed by atoms with van der Waals surface area (Å²) in [6.07, 6.45) is 4.62. The number of benzene rings is 4. The van der Waals surface area contributed by atoms with Crippen LogP contribution in [0, 0.1) is 27.7 Å². The molecule has 2 amide bonds. The number of carbonyl (C=O) groups excluding carboxylic acids is 2. The first-order chi connectivity index (χ1) is 30.4. The second-order valence-corrected chi connectivity index (χ2v) is 16.8. The van der Waals surface area contributed by atoms with Crippen LogP contribution >= 0.6 is 11.6 Å². The summed E-state index contributed by atoms with van der Waals surface area (Å²) in [6.45, 7) is 8.81. The normalized spacial score (nSPS) is 16.8. The number of aryl methyl sites for hydroxylation is 3. The summed E-state index contributed by atoms with van der Waals surface area (Å²) >= 11 is 6.12. The molecule has 4 aromatic carbocycles. The SMILES string of the molecule is Cc1nc(C(=O)N2Cc3cc4c(cc3CC2C(=O)NCCc2ccc(-c3ccnc(C)c3C)cc2)OCC(c2ccc(OCC3(c5ccc(Cl)cc5)CC3)cc2)O4)c(C)o1.O=CO. The number of aromatic nitrogens is 2. The van der Waals surface area contributed by atoms with Crippen molar-refractivity contribution in [2.45, 2.75) is 77.5 Å². The third kappa shape index (κ3) is 9.41. The Balaban J connectivity index is 0.00000177. The minimum atomic E-state index is -0.765. The molecule has 63 heavy (non-hydrogen) atoms. The van der Waals surface area contributed by atoms with Crippen molar-refractivity contribution in [2.24, 2.45) is 0 Å². The quantitative estimate of drug-likeness (QED) is 0.121. The van der Waals surface area contributed by atoms with Crippen LogP contribution in [0.2, 0.25) is 5.02 Å². The molecule has 4 heterocycles. The molecule has 0 radical (unpaired) electrons. The molecule has 9 rings (SSSR count). The third-order valence-electron chi connectivity index (χ3n) is 12.2. The predicted molar refractivity (Wildman–Crippen MR) is 238 cm³/mol. The topological polar surface area (TPSA) is 153 Å². The summed E-state index contributed by atoms with van der Waals surface area (Å²) in [4.78, 5) is 46.9. The Kier molecular flexibility index (Phi) is 12.5. The molecule has 1 saturated carbocycles. The Labute approximate surface area is 371 Å². The maximum absolute atomic E-state index is 14.1. The molecule has 13 heteroatoms. The number of hydrogen-bond acceptors (Lipinski definition) is 9. The molecule has 6 aromatic rings. The van der Waals surface area contributed by atoms with Gasteiger partial charge in [-0.25, -0.2) is 4.98 Å². The number of hydrogen-bond donors (Lipinski definition) is 2. The van der Waals surface area contributed by atoms with Crippen LogP contribution in [0.5, 0.6) is 17.2 Å². The van der Waals surface area contributed by atoms with Crippen molar-refractivity contribution < 1.29 is 38.1 Å². The number of rotatable bonds is 11. The maximum atomic E-state index is 14.1. The van der Waals surface area contributed by atoms with Crippen molar-refractivity contribution in [3.63, 3.8) is 0 Å². The first-order valence-corrected chi connectivity index (χ1v) is 21.4. The second-order valence-electron chi connectivity index (χ2n) is 16.3. The van der Waals surface area contributed by atoms with Crippen molar-refractivity contribution in [3.05, 3.63) is 159 Å². The van der Waals surface area contributed by atoms with Crippen LogP contribution in [0.4, 0.5) is 0 Å². The number of ether oxygens (including phenoxy) is 3. The monoisotopic (exact) mass is 868 g/mol. The van der Waals surface area contributed by atoms with E-state index in [1.165, 1.54) is 5.56 Å². The van der Waals surface area contributed by atoms with Crippen molar-refractivity contribution >= 4 is 29.9 Å². The van der Waals surface area contributed by atoms with Gasteiger partial charge < -0.3 is 34.0 Å². The number of oxazole rings is 1. The third-order valence-corrected chi connectivity index (χ3v) is 12.5. The molecule has 0 saturated heterocycles. The number of amides is 2. The van der Waals surface area contributed by atoms with E-state index in [2.05, 4.69) is 58.6 Å². The Hall–Kier alpha value is -6.66. The van der Waals surface area contributed by atoms with Gasteiger partial charge in [0.1, 0.15) is 24.2 Å². The minimum absolute atomic E-state index is 0.0390.